The Morgan fingerprint density at radius 1 is 1.40 bits per heavy atom. The molecular weight excluding hydrogens is 274 g/mol. The Balaban J connectivity index is 2.31. The van der Waals surface area contributed by atoms with Crippen LogP contribution < -0.4 is 10.6 Å². The highest BCUT2D eigenvalue weighted by atomic mass is 35.5. The number of nitrogens with zero attached hydrogens (tertiary/aromatic N) is 2. The van der Waals surface area contributed by atoms with E-state index in [2.05, 4.69) is 30.8 Å². The highest BCUT2D eigenvalue weighted by molar-refractivity contribution is 6.34. The van der Waals surface area contributed by atoms with Crippen molar-refractivity contribution in [2.24, 2.45) is 22.7 Å². The molecule has 1 aromatic carbocycles. The Labute approximate surface area is 125 Å². The van der Waals surface area contributed by atoms with Crippen LogP contribution in [-0.2, 0) is 0 Å². The Morgan fingerprint density at radius 3 is 2.70 bits per heavy atom. The van der Waals surface area contributed by atoms with E-state index in [4.69, 9.17) is 22.5 Å². The van der Waals surface area contributed by atoms with Crippen LogP contribution in [-0.4, -0.2) is 23.6 Å². The van der Waals surface area contributed by atoms with E-state index < -0.39 is 0 Å². The number of oxime groups is 1. The molecule has 1 aliphatic rings. The molecule has 3 unspecified atom stereocenters. The van der Waals surface area contributed by atoms with Crippen molar-refractivity contribution in [2.75, 3.05) is 11.4 Å². The summed E-state index contributed by atoms with van der Waals surface area (Å²) in [5.74, 6) is 1.36. The lowest BCUT2D eigenvalue weighted by Gasteiger charge is -2.42. The first kappa shape index (κ1) is 15.0. The van der Waals surface area contributed by atoms with Crippen LogP contribution in [0, 0.1) is 11.8 Å². The SMILES string of the molecule is CC1CC(C)C(C)N(c2ccc(/C(N)=N/O)c(Cl)c2)C1. The van der Waals surface area contributed by atoms with Gasteiger partial charge in [-0.05, 0) is 43.4 Å². The summed E-state index contributed by atoms with van der Waals surface area (Å²) in [6.45, 7) is 7.86. The van der Waals surface area contributed by atoms with Crippen molar-refractivity contribution in [3.63, 3.8) is 0 Å². The van der Waals surface area contributed by atoms with Crippen LogP contribution in [0.15, 0.2) is 23.4 Å². The lowest BCUT2D eigenvalue weighted by molar-refractivity contribution is 0.297. The molecule has 4 nitrogen and oxygen atoms in total. The fourth-order valence-electron chi connectivity index (χ4n) is 3.00. The zero-order valence-corrected chi connectivity index (χ0v) is 12.9. The number of rotatable bonds is 2. The smallest absolute Gasteiger partial charge is 0.171 e. The Hall–Kier alpha value is -1.42. The Morgan fingerprint density at radius 2 is 2.10 bits per heavy atom. The second-order valence-electron chi connectivity index (χ2n) is 5.86. The second kappa shape index (κ2) is 5.92. The van der Waals surface area contributed by atoms with Crippen molar-refractivity contribution in [3.05, 3.63) is 28.8 Å². The first-order chi connectivity index (χ1) is 9.43. The van der Waals surface area contributed by atoms with Crippen LogP contribution in [0.5, 0.6) is 0 Å². The molecule has 1 fully saturated rings. The van der Waals surface area contributed by atoms with Crippen LogP contribution in [0.3, 0.4) is 0 Å². The first-order valence-corrected chi connectivity index (χ1v) is 7.36. The molecule has 0 amide bonds. The predicted molar refractivity (Wildman–Crippen MR) is 83.7 cm³/mol. The maximum atomic E-state index is 8.74. The molecule has 1 aliphatic heterocycles. The minimum absolute atomic E-state index is 0.0370. The number of hydrogen-bond donors (Lipinski definition) is 2. The maximum absolute atomic E-state index is 8.74. The summed E-state index contributed by atoms with van der Waals surface area (Å²) >= 11 is 6.24. The summed E-state index contributed by atoms with van der Waals surface area (Å²) in [7, 11) is 0. The molecule has 20 heavy (non-hydrogen) atoms. The number of nitrogens with two attached hydrogens (primary N) is 1. The van der Waals surface area contributed by atoms with Crippen molar-refractivity contribution in [3.8, 4) is 0 Å². The monoisotopic (exact) mass is 295 g/mol. The zero-order valence-electron chi connectivity index (χ0n) is 12.2. The van der Waals surface area contributed by atoms with Crippen molar-refractivity contribution in [1.82, 2.24) is 0 Å². The molecule has 3 N–H and O–H groups in total. The molecular formula is C15H22ClN3O. The van der Waals surface area contributed by atoms with Gasteiger partial charge in [-0.3, -0.25) is 0 Å². The summed E-state index contributed by atoms with van der Waals surface area (Å²) in [6.07, 6.45) is 1.26. The van der Waals surface area contributed by atoms with Gasteiger partial charge in [0.2, 0.25) is 0 Å². The molecule has 0 aliphatic carbocycles. The van der Waals surface area contributed by atoms with Gasteiger partial charge in [0.15, 0.2) is 5.84 Å². The minimum Gasteiger partial charge on any atom is -0.409 e. The summed E-state index contributed by atoms with van der Waals surface area (Å²) in [5.41, 5.74) is 7.25. The van der Waals surface area contributed by atoms with Gasteiger partial charge in [-0.15, -0.1) is 0 Å². The molecule has 0 spiro atoms. The number of amidine groups is 1. The van der Waals surface area contributed by atoms with Gasteiger partial charge in [-0.25, -0.2) is 0 Å². The molecule has 0 radical (unpaired) electrons. The van der Waals surface area contributed by atoms with Gasteiger partial charge in [-0.1, -0.05) is 30.6 Å². The summed E-state index contributed by atoms with van der Waals surface area (Å²) in [4.78, 5) is 2.39. The van der Waals surface area contributed by atoms with Crippen LogP contribution >= 0.6 is 11.6 Å². The molecule has 3 atom stereocenters. The third kappa shape index (κ3) is 2.85. The van der Waals surface area contributed by atoms with Gasteiger partial charge >= 0.3 is 0 Å². The fourth-order valence-corrected chi connectivity index (χ4v) is 3.27. The number of anilines is 1. The summed E-state index contributed by atoms with van der Waals surface area (Å²) < 4.78 is 0. The molecule has 1 saturated heterocycles. The number of piperidine rings is 1. The van der Waals surface area contributed by atoms with Gasteiger partial charge in [0, 0.05) is 23.8 Å². The van der Waals surface area contributed by atoms with Crippen LogP contribution in [0.4, 0.5) is 5.69 Å². The van der Waals surface area contributed by atoms with Crippen LogP contribution in [0.1, 0.15) is 32.8 Å². The van der Waals surface area contributed by atoms with Crippen molar-refractivity contribution in [1.29, 1.82) is 0 Å². The molecule has 110 valence electrons. The van der Waals surface area contributed by atoms with E-state index >= 15 is 0 Å². The van der Waals surface area contributed by atoms with Crippen molar-refractivity contribution < 1.29 is 5.21 Å². The van der Waals surface area contributed by atoms with Gasteiger partial charge in [-0.2, -0.15) is 0 Å². The van der Waals surface area contributed by atoms with Gasteiger partial charge < -0.3 is 15.8 Å². The van der Waals surface area contributed by atoms with E-state index in [0.717, 1.165) is 12.2 Å². The Bertz CT molecular complexity index is 518. The van der Waals surface area contributed by atoms with E-state index in [1.807, 2.05) is 18.2 Å². The lowest BCUT2D eigenvalue weighted by Crippen LogP contribution is -2.45. The predicted octanol–water partition coefficient (Wildman–Crippen LogP) is 3.31. The van der Waals surface area contributed by atoms with Crippen LogP contribution in [0.2, 0.25) is 5.02 Å². The second-order valence-corrected chi connectivity index (χ2v) is 6.27. The minimum atomic E-state index is 0.0370. The summed E-state index contributed by atoms with van der Waals surface area (Å²) in [6, 6.07) is 6.18. The van der Waals surface area contributed by atoms with Crippen molar-refractivity contribution >= 4 is 23.1 Å². The Kier molecular flexibility index (Phi) is 4.43. The average molecular weight is 296 g/mol. The summed E-state index contributed by atoms with van der Waals surface area (Å²) in [5, 5.41) is 12.2. The normalized spacial score (nSPS) is 27.7. The van der Waals surface area contributed by atoms with E-state index in [1.165, 1.54) is 6.42 Å². The van der Waals surface area contributed by atoms with Crippen molar-refractivity contribution in [2.45, 2.75) is 33.2 Å². The van der Waals surface area contributed by atoms with E-state index in [-0.39, 0.29) is 5.84 Å². The fraction of sp³-hybridized carbons (Fsp3) is 0.533. The molecule has 2 rings (SSSR count). The maximum Gasteiger partial charge on any atom is 0.171 e. The third-order valence-corrected chi connectivity index (χ3v) is 4.58. The van der Waals surface area contributed by atoms with E-state index in [9.17, 15) is 0 Å². The van der Waals surface area contributed by atoms with Gasteiger partial charge in [0.1, 0.15) is 0 Å². The lowest BCUT2D eigenvalue weighted by atomic mass is 9.85. The molecule has 0 bridgehead atoms. The molecule has 1 heterocycles. The quantitative estimate of drug-likeness (QED) is 0.381. The standard InChI is InChI=1S/C15H22ClN3O/c1-9-6-10(2)11(3)19(8-9)12-4-5-13(14(16)7-12)15(17)18-20/h4-5,7,9-11,20H,6,8H2,1-3H3,(H2,17,18). The molecule has 0 aromatic heterocycles. The van der Waals surface area contributed by atoms with Crippen LogP contribution in [0.25, 0.3) is 0 Å². The highest BCUT2D eigenvalue weighted by Gasteiger charge is 2.29. The number of hydrogen-bond acceptors (Lipinski definition) is 3. The average Bonchev–Trinajstić information content (AvgIpc) is 2.41. The molecule has 0 saturated carbocycles. The first-order valence-electron chi connectivity index (χ1n) is 6.98. The third-order valence-electron chi connectivity index (χ3n) is 4.27. The van der Waals surface area contributed by atoms with E-state index in [0.29, 0.717) is 28.5 Å². The zero-order chi connectivity index (χ0) is 14.9. The topological polar surface area (TPSA) is 61.8 Å². The highest BCUT2D eigenvalue weighted by Crippen LogP contribution is 2.33. The molecule has 5 heteroatoms. The molecule has 1 aromatic rings. The van der Waals surface area contributed by atoms with Gasteiger partial charge in [0.05, 0.1) is 5.02 Å². The van der Waals surface area contributed by atoms with E-state index in [1.54, 1.807) is 0 Å². The largest absolute Gasteiger partial charge is 0.409 e. The number of benzene rings is 1. The number of halogens is 1. The van der Waals surface area contributed by atoms with Gasteiger partial charge in [0.25, 0.3) is 0 Å².